The van der Waals surface area contributed by atoms with E-state index in [2.05, 4.69) is 76.5 Å². The first-order chi connectivity index (χ1) is 9.24. The molecule has 2 aromatic rings. The van der Waals surface area contributed by atoms with Crippen LogP contribution in [0.2, 0.25) is 0 Å². The Morgan fingerprint density at radius 3 is 3.00 bits per heavy atom. The summed E-state index contributed by atoms with van der Waals surface area (Å²) in [6.45, 7) is 4.09. The fraction of sp³-hybridized carbons (Fsp3) is 0.250. The maximum absolute atomic E-state index is 3.54. The molecule has 2 aromatic carbocycles. The van der Waals surface area contributed by atoms with Crippen molar-refractivity contribution in [2.24, 2.45) is 0 Å². The summed E-state index contributed by atoms with van der Waals surface area (Å²) in [4.78, 5) is 0. The van der Waals surface area contributed by atoms with Gasteiger partial charge in [0.1, 0.15) is 0 Å². The third kappa shape index (κ3) is 2.71. The van der Waals surface area contributed by atoms with Gasteiger partial charge in [0.25, 0.3) is 0 Å². The fourth-order valence-corrected chi connectivity index (χ4v) is 3.22. The van der Waals surface area contributed by atoms with E-state index >= 15 is 0 Å². The SMILES string of the molecule is Cc1cc(I)ccc1NCc1cccc2c1NCC2. The molecule has 2 N–H and O–H groups in total. The third-order valence-corrected chi connectivity index (χ3v) is 4.26. The molecule has 0 saturated heterocycles. The van der Waals surface area contributed by atoms with Crippen molar-refractivity contribution in [3.63, 3.8) is 0 Å². The number of hydrogen-bond acceptors (Lipinski definition) is 2. The Labute approximate surface area is 127 Å². The predicted octanol–water partition coefficient (Wildman–Crippen LogP) is 4.18. The lowest BCUT2D eigenvalue weighted by Crippen LogP contribution is -2.04. The number of benzene rings is 2. The van der Waals surface area contributed by atoms with E-state index in [1.165, 1.54) is 31.6 Å². The molecular formula is C16H17IN2. The molecule has 3 rings (SSSR count). The van der Waals surface area contributed by atoms with Crippen molar-refractivity contribution < 1.29 is 0 Å². The maximum atomic E-state index is 3.54. The minimum atomic E-state index is 0.873. The Balaban J connectivity index is 1.78. The summed E-state index contributed by atoms with van der Waals surface area (Å²) in [5.41, 5.74) is 6.65. The zero-order chi connectivity index (χ0) is 13.2. The van der Waals surface area contributed by atoms with Crippen molar-refractivity contribution in [1.29, 1.82) is 0 Å². The van der Waals surface area contributed by atoms with Crippen LogP contribution in [0.4, 0.5) is 11.4 Å². The molecule has 19 heavy (non-hydrogen) atoms. The first-order valence-corrected chi connectivity index (χ1v) is 7.66. The van der Waals surface area contributed by atoms with Gasteiger partial charge in [-0.05, 0) is 70.8 Å². The van der Waals surface area contributed by atoms with Gasteiger partial charge in [0.05, 0.1) is 0 Å². The van der Waals surface area contributed by atoms with E-state index in [0.717, 1.165) is 19.5 Å². The molecular weight excluding hydrogens is 347 g/mol. The number of rotatable bonds is 3. The van der Waals surface area contributed by atoms with Gasteiger partial charge >= 0.3 is 0 Å². The Morgan fingerprint density at radius 1 is 1.26 bits per heavy atom. The van der Waals surface area contributed by atoms with Gasteiger partial charge in [-0.1, -0.05) is 18.2 Å². The topological polar surface area (TPSA) is 24.1 Å². The second-order valence-corrected chi connectivity index (χ2v) is 6.19. The molecule has 3 heteroatoms. The van der Waals surface area contributed by atoms with Crippen LogP contribution in [-0.2, 0) is 13.0 Å². The predicted molar refractivity (Wildman–Crippen MR) is 89.9 cm³/mol. The van der Waals surface area contributed by atoms with Gasteiger partial charge in [-0.15, -0.1) is 0 Å². The van der Waals surface area contributed by atoms with Gasteiger partial charge in [-0.3, -0.25) is 0 Å². The highest BCUT2D eigenvalue weighted by atomic mass is 127. The molecule has 98 valence electrons. The number of nitrogens with one attached hydrogen (secondary N) is 2. The van der Waals surface area contributed by atoms with Crippen molar-refractivity contribution in [3.8, 4) is 0 Å². The summed E-state index contributed by atoms with van der Waals surface area (Å²) >= 11 is 2.35. The van der Waals surface area contributed by atoms with Gasteiger partial charge in [-0.2, -0.15) is 0 Å². The Bertz CT molecular complexity index is 608. The molecule has 1 heterocycles. The number of para-hydroxylation sites is 1. The minimum Gasteiger partial charge on any atom is -0.384 e. The summed E-state index contributed by atoms with van der Waals surface area (Å²) in [5, 5.41) is 7.03. The zero-order valence-corrected chi connectivity index (χ0v) is 13.1. The molecule has 0 unspecified atom stereocenters. The van der Waals surface area contributed by atoms with Gasteiger partial charge in [0, 0.05) is 28.0 Å². The highest BCUT2D eigenvalue weighted by Gasteiger charge is 2.13. The van der Waals surface area contributed by atoms with Crippen LogP contribution in [-0.4, -0.2) is 6.54 Å². The molecule has 0 bridgehead atoms. The Morgan fingerprint density at radius 2 is 2.16 bits per heavy atom. The molecule has 0 spiro atoms. The lowest BCUT2D eigenvalue weighted by Gasteiger charge is -2.13. The summed E-state index contributed by atoms with van der Waals surface area (Å²) in [5.74, 6) is 0. The van der Waals surface area contributed by atoms with Crippen molar-refractivity contribution in [1.82, 2.24) is 0 Å². The standard InChI is InChI=1S/C16H17IN2/c1-11-9-14(17)5-6-15(11)19-10-13-4-2-3-12-7-8-18-16(12)13/h2-6,9,18-19H,7-8,10H2,1H3. The number of hydrogen-bond donors (Lipinski definition) is 2. The largest absolute Gasteiger partial charge is 0.384 e. The lowest BCUT2D eigenvalue weighted by atomic mass is 10.1. The maximum Gasteiger partial charge on any atom is 0.0424 e. The van der Waals surface area contributed by atoms with E-state index in [-0.39, 0.29) is 0 Å². The highest BCUT2D eigenvalue weighted by Crippen LogP contribution is 2.27. The molecule has 1 aliphatic rings. The van der Waals surface area contributed by atoms with E-state index in [9.17, 15) is 0 Å². The van der Waals surface area contributed by atoms with Crippen LogP contribution in [0.15, 0.2) is 36.4 Å². The second-order valence-electron chi connectivity index (χ2n) is 4.94. The smallest absolute Gasteiger partial charge is 0.0424 e. The van der Waals surface area contributed by atoms with Crippen LogP contribution in [0.1, 0.15) is 16.7 Å². The molecule has 0 radical (unpaired) electrons. The average molecular weight is 364 g/mol. The van der Waals surface area contributed by atoms with Gasteiger partial charge < -0.3 is 10.6 Å². The normalized spacial score (nSPS) is 12.9. The first-order valence-electron chi connectivity index (χ1n) is 6.59. The molecule has 0 saturated carbocycles. The van der Waals surface area contributed by atoms with Crippen molar-refractivity contribution >= 4 is 34.0 Å². The Hall–Kier alpha value is -1.23. The molecule has 0 aliphatic carbocycles. The fourth-order valence-electron chi connectivity index (χ4n) is 2.57. The summed E-state index contributed by atoms with van der Waals surface area (Å²) in [6, 6.07) is 13.1. The van der Waals surface area contributed by atoms with Crippen LogP contribution in [0.25, 0.3) is 0 Å². The number of halogens is 1. The third-order valence-electron chi connectivity index (χ3n) is 3.59. The summed E-state index contributed by atoms with van der Waals surface area (Å²) in [7, 11) is 0. The highest BCUT2D eigenvalue weighted by molar-refractivity contribution is 14.1. The quantitative estimate of drug-likeness (QED) is 0.799. The zero-order valence-electron chi connectivity index (χ0n) is 11.0. The van der Waals surface area contributed by atoms with Crippen LogP contribution in [0.3, 0.4) is 0 Å². The van der Waals surface area contributed by atoms with Gasteiger partial charge in [0.15, 0.2) is 0 Å². The van der Waals surface area contributed by atoms with Crippen molar-refractivity contribution in [2.75, 3.05) is 17.2 Å². The van der Waals surface area contributed by atoms with Crippen molar-refractivity contribution in [3.05, 3.63) is 56.7 Å². The molecule has 0 atom stereocenters. The molecule has 1 aliphatic heterocycles. The van der Waals surface area contributed by atoms with Crippen molar-refractivity contribution in [2.45, 2.75) is 19.9 Å². The van der Waals surface area contributed by atoms with E-state index in [1.807, 2.05) is 0 Å². The summed E-state index contributed by atoms with van der Waals surface area (Å²) in [6.07, 6.45) is 1.14. The number of aryl methyl sites for hydroxylation is 1. The van der Waals surface area contributed by atoms with E-state index in [0.29, 0.717) is 0 Å². The average Bonchev–Trinajstić information content (AvgIpc) is 2.86. The number of anilines is 2. The first kappa shape index (κ1) is 12.8. The van der Waals surface area contributed by atoms with Gasteiger partial charge in [0.2, 0.25) is 0 Å². The number of fused-ring (bicyclic) bond motifs is 1. The summed E-state index contributed by atoms with van der Waals surface area (Å²) < 4.78 is 1.28. The van der Waals surface area contributed by atoms with E-state index in [4.69, 9.17) is 0 Å². The van der Waals surface area contributed by atoms with E-state index in [1.54, 1.807) is 0 Å². The van der Waals surface area contributed by atoms with Gasteiger partial charge in [-0.25, -0.2) is 0 Å². The molecule has 0 amide bonds. The monoisotopic (exact) mass is 364 g/mol. The minimum absolute atomic E-state index is 0.873. The van der Waals surface area contributed by atoms with E-state index < -0.39 is 0 Å². The molecule has 2 nitrogen and oxygen atoms in total. The second kappa shape index (κ2) is 5.41. The lowest BCUT2D eigenvalue weighted by molar-refractivity contribution is 1.11. The van der Waals surface area contributed by atoms with Crippen LogP contribution < -0.4 is 10.6 Å². The van der Waals surface area contributed by atoms with Crippen LogP contribution in [0, 0.1) is 10.5 Å². The molecule has 0 aromatic heterocycles. The van der Waals surface area contributed by atoms with Crippen LogP contribution >= 0.6 is 22.6 Å². The molecule has 0 fully saturated rings. The Kier molecular flexibility index (Phi) is 3.64. The van der Waals surface area contributed by atoms with Crippen LogP contribution in [0.5, 0.6) is 0 Å².